The van der Waals surface area contributed by atoms with Gasteiger partial charge >= 0.3 is 0 Å². The SMILES string of the molecule is COCCNC(=O)COc1ccc(OC[C@@](N)(O)CCCOc2ccccc2)cc1. The normalized spacial score (nSPS) is 12.6. The smallest absolute Gasteiger partial charge is 0.258 e. The lowest BCUT2D eigenvalue weighted by Gasteiger charge is -2.23. The standard InChI is InChI=1S/C22H30N2O6/c1-27-15-13-24-21(25)16-29-19-8-10-20(11-9-19)30-17-22(23,26)12-5-14-28-18-6-3-2-4-7-18/h2-4,6-11,26H,5,12-17,23H2,1H3,(H,24,25)/t22-/m0/s1. The van der Waals surface area contributed by atoms with Gasteiger partial charge in [-0.25, -0.2) is 0 Å². The van der Waals surface area contributed by atoms with E-state index in [0.717, 1.165) is 5.75 Å². The molecule has 1 atom stereocenters. The first-order valence-electron chi connectivity index (χ1n) is 9.79. The quantitative estimate of drug-likeness (QED) is 0.316. The summed E-state index contributed by atoms with van der Waals surface area (Å²) in [5.41, 5.74) is 4.44. The van der Waals surface area contributed by atoms with E-state index in [0.29, 0.717) is 44.1 Å². The fraction of sp³-hybridized carbons (Fsp3) is 0.409. The summed E-state index contributed by atoms with van der Waals surface area (Å²) in [5.74, 6) is 1.63. The van der Waals surface area contributed by atoms with Gasteiger partial charge in [-0.1, -0.05) is 18.2 Å². The summed E-state index contributed by atoms with van der Waals surface area (Å²) in [6.45, 7) is 1.20. The molecule has 1 amide bonds. The fourth-order valence-electron chi connectivity index (χ4n) is 2.49. The van der Waals surface area contributed by atoms with Gasteiger partial charge in [0.05, 0.1) is 13.2 Å². The molecule has 0 fully saturated rings. The van der Waals surface area contributed by atoms with E-state index >= 15 is 0 Å². The molecule has 8 heteroatoms. The average Bonchev–Trinajstić information content (AvgIpc) is 2.76. The van der Waals surface area contributed by atoms with Crippen molar-refractivity contribution < 1.29 is 28.8 Å². The number of rotatable bonds is 14. The second-order valence-corrected chi connectivity index (χ2v) is 6.76. The van der Waals surface area contributed by atoms with Gasteiger partial charge in [-0.2, -0.15) is 0 Å². The van der Waals surface area contributed by atoms with Crippen molar-refractivity contribution in [2.75, 3.05) is 40.1 Å². The highest BCUT2D eigenvalue weighted by molar-refractivity contribution is 5.77. The Hall–Kier alpha value is -2.81. The fourth-order valence-corrected chi connectivity index (χ4v) is 2.49. The van der Waals surface area contributed by atoms with Crippen LogP contribution in [0.5, 0.6) is 17.2 Å². The van der Waals surface area contributed by atoms with Crippen molar-refractivity contribution in [1.82, 2.24) is 5.32 Å². The number of amides is 1. The van der Waals surface area contributed by atoms with Crippen LogP contribution in [0.25, 0.3) is 0 Å². The van der Waals surface area contributed by atoms with Crippen LogP contribution in [0.4, 0.5) is 0 Å². The molecule has 0 saturated heterocycles. The Labute approximate surface area is 176 Å². The number of hydrogen-bond donors (Lipinski definition) is 3. The van der Waals surface area contributed by atoms with Crippen LogP contribution >= 0.6 is 0 Å². The first kappa shape index (κ1) is 23.5. The summed E-state index contributed by atoms with van der Waals surface area (Å²) in [4.78, 5) is 11.6. The van der Waals surface area contributed by atoms with Crippen LogP contribution in [0.1, 0.15) is 12.8 Å². The molecule has 0 radical (unpaired) electrons. The third kappa shape index (κ3) is 9.60. The number of nitrogens with one attached hydrogen (secondary N) is 1. The zero-order chi connectivity index (χ0) is 21.7. The van der Waals surface area contributed by atoms with Crippen LogP contribution in [0.2, 0.25) is 0 Å². The molecule has 4 N–H and O–H groups in total. The van der Waals surface area contributed by atoms with Gasteiger partial charge in [0.2, 0.25) is 0 Å². The van der Waals surface area contributed by atoms with Gasteiger partial charge < -0.3 is 35.1 Å². The minimum absolute atomic E-state index is 0.0551. The van der Waals surface area contributed by atoms with Gasteiger partial charge in [0.1, 0.15) is 29.6 Å². The number of nitrogens with two attached hydrogens (primary N) is 1. The monoisotopic (exact) mass is 418 g/mol. The zero-order valence-corrected chi connectivity index (χ0v) is 17.2. The van der Waals surface area contributed by atoms with Crippen LogP contribution in [-0.2, 0) is 9.53 Å². The van der Waals surface area contributed by atoms with Crippen LogP contribution in [0, 0.1) is 0 Å². The number of carbonyl (C=O) groups excluding carboxylic acids is 1. The minimum atomic E-state index is -1.46. The van der Waals surface area contributed by atoms with E-state index < -0.39 is 5.72 Å². The number of carbonyl (C=O) groups is 1. The van der Waals surface area contributed by atoms with Crippen LogP contribution in [0.15, 0.2) is 54.6 Å². The highest BCUT2D eigenvalue weighted by Crippen LogP contribution is 2.19. The van der Waals surface area contributed by atoms with Gasteiger partial charge in [0, 0.05) is 13.7 Å². The van der Waals surface area contributed by atoms with E-state index in [-0.39, 0.29) is 19.1 Å². The highest BCUT2D eigenvalue weighted by atomic mass is 16.5. The summed E-state index contributed by atoms with van der Waals surface area (Å²) in [5, 5.41) is 12.9. The van der Waals surface area contributed by atoms with E-state index in [1.165, 1.54) is 0 Å². The maximum absolute atomic E-state index is 11.6. The van der Waals surface area contributed by atoms with E-state index in [1.807, 2.05) is 30.3 Å². The summed E-state index contributed by atoms with van der Waals surface area (Å²) >= 11 is 0. The molecule has 0 aromatic heterocycles. The number of methoxy groups -OCH3 is 1. The first-order chi connectivity index (χ1) is 14.5. The highest BCUT2D eigenvalue weighted by Gasteiger charge is 2.21. The number of hydrogen-bond acceptors (Lipinski definition) is 7. The van der Waals surface area contributed by atoms with Gasteiger partial charge in [-0.15, -0.1) is 0 Å². The Morgan fingerprint density at radius 2 is 1.60 bits per heavy atom. The van der Waals surface area contributed by atoms with E-state index in [1.54, 1.807) is 31.4 Å². The summed E-state index contributed by atoms with van der Waals surface area (Å²) in [6.07, 6.45) is 0.920. The Morgan fingerprint density at radius 3 is 2.27 bits per heavy atom. The average molecular weight is 418 g/mol. The molecule has 2 aromatic rings. The molecule has 2 rings (SSSR count). The number of benzene rings is 2. The number of ether oxygens (including phenoxy) is 4. The van der Waals surface area contributed by atoms with Crippen molar-refractivity contribution in [3.05, 3.63) is 54.6 Å². The van der Waals surface area contributed by atoms with E-state index in [9.17, 15) is 9.90 Å². The summed E-state index contributed by atoms with van der Waals surface area (Å²) in [7, 11) is 1.57. The van der Waals surface area contributed by atoms with Crippen molar-refractivity contribution in [3.63, 3.8) is 0 Å². The molecular weight excluding hydrogens is 388 g/mol. The van der Waals surface area contributed by atoms with Gasteiger partial charge in [0.15, 0.2) is 6.61 Å². The molecule has 2 aromatic carbocycles. The third-order valence-electron chi connectivity index (χ3n) is 4.08. The topological polar surface area (TPSA) is 112 Å². The molecule has 0 spiro atoms. The molecule has 0 aliphatic rings. The van der Waals surface area contributed by atoms with Crippen LogP contribution < -0.4 is 25.3 Å². The van der Waals surface area contributed by atoms with E-state index in [4.69, 9.17) is 24.7 Å². The minimum Gasteiger partial charge on any atom is -0.494 e. The molecule has 30 heavy (non-hydrogen) atoms. The number of para-hydroxylation sites is 1. The molecule has 0 saturated carbocycles. The predicted molar refractivity (Wildman–Crippen MR) is 113 cm³/mol. The van der Waals surface area contributed by atoms with Crippen molar-refractivity contribution in [2.24, 2.45) is 5.73 Å². The maximum atomic E-state index is 11.6. The van der Waals surface area contributed by atoms with E-state index in [2.05, 4.69) is 5.32 Å². The molecular formula is C22H30N2O6. The summed E-state index contributed by atoms with van der Waals surface area (Å²) in [6, 6.07) is 16.2. The van der Waals surface area contributed by atoms with Crippen molar-refractivity contribution >= 4 is 5.91 Å². The zero-order valence-electron chi connectivity index (χ0n) is 17.2. The molecule has 0 aliphatic carbocycles. The van der Waals surface area contributed by atoms with Crippen molar-refractivity contribution in [1.29, 1.82) is 0 Å². The lowest BCUT2D eigenvalue weighted by atomic mass is 10.1. The van der Waals surface area contributed by atoms with Crippen LogP contribution in [0.3, 0.4) is 0 Å². The van der Waals surface area contributed by atoms with Gasteiger partial charge in [-0.3, -0.25) is 4.79 Å². The Bertz CT molecular complexity index is 737. The molecule has 0 heterocycles. The second-order valence-electron chi connectivity index (χ2n) is 6.76. The molecule has 8 nitrogen and oxygen atoms in total. The third-order valence-corrected chi connectivity index (χ3v) is 4.08. The van der Waals surface area contributed by atoms with Crippen molar-refractivity contribution in [2.45, 2.75) is 18.6 Å². The Balaban J connectivity index is 1.64. The first-order valence-corrected chi connectivity index (χ1v) is 9.79. The Morgan fingerprint density at radius 1 is 0.967 bits per heavy atom. The lowest BCUT2D eigenvalue weighted by molar-refractivity contribution is -0.123. The van der Waals surface area contributed by atoms with Crippen molar-refractivity contribution in [3.8, 4) is 17.2 Å². The lowest BCUT2D eigenvalue weighted by Crippen LogP contribution is -2.45. The maximum Gasteiger partial charge on any atom is 0.258 e. The largest absolute Gasteiger partial charge is 0.494 e. The Kier molecular flexibility index (Phi) is 9.93. The molecule has 0 aliphatic heterocycles. The predicted octanol–water partition coefficient (Wildman–Crippen LogP) is 1.71. The molecule has 0 unspecified atom stereocenters. The van der Waals surface area contributed by atoms with Gasteiger partial charge in [0.25, 0.3) is 5.91 Å². The summed E-state index contributed by atoms with van der Waals surface area (Å²) < 4.78 is 21.4. The molecule has 164 valence electrons. The van der Waals surface area contributed by atoms with Gasteiger partial charge in [-0.05, 0) is 49.2 Å². The van der Waals surface area contributed by atoms with Crippen LogP contribution in [-0.4, -0.2) is 56.8 Å². The molecule has 0 bridgehead atoms. The second kappa shape index (κ2) is 12.7. The number of aliphatic hydroxyl groups is 1.